The number of rotatable bonds is 14. The molecule has 7 atom stereocenters. The molecule has 6 nitrogen and oxygen atoms in total. The second-order valence-electron chi connectivity index (χ2n) is 15.0. The van der Waals surface area contributed by atoms with Gasteiger partial charge in [0.1, 0.15) is 15.6 Å². The number of hydrogen-bond donors (Lipinski definition) is 3. The number of aliphatic hydroxyl groups excluding tert-OH is 2. The molecule has 3 N–H and O–H groups in total. The van der Waals surface area contributed by atoms with Crippen LogP contribution in [-0.2, 0) is 9.84 Å². The molecule has 0 amide bonds. The van der Waals surface area contributed by atoms with Crippen molar-refractivity contribution in [3.8, 4) is 5.75 Å². The molecule has 3 fully saturated rings. The molecule has 0 bridgehead atoms. The third kappa shape index (κ3) is 6.83. The van der Waals surface area contributed by atoms with Crippen LogP contribution in [0.3, 0.4) is 0 Å². The molecule has 46 heavy (non-hydrogen) atoms. The third-order valence-electron chi connectivity index (χ3n) is 12.4. The van der Waals surface area contributed by atoms with E-state index in [1.807, 2.05) is 18.0 Å². The molecule has 262 valence electrons. The molecule has 1 aromatic rings. The minimum absolute atomic E-state index is 0.0269. The first-order valence-corrected chi connectivity index (χ1v) is 18.8. The van der Waals surface area contributed by atoms with Gasteiger partial charge in [0.05, 0.1) is 23.7 Å². The van der Waals surface area contributed by atoms with Crippen molar-refractivity contribution in [2.24, 2.45) is 28.6 Å². The Morgan fingerprint density at radius 3 is 2.28 bits per heavy atom. The monoisotopic (exact) mass is 679 g/mol. The summed E-state index contributed by atoms with van der Waals surface area (Å²) in [6.45, 7) is 3.57. The number of halogens is 5. The molecule has 5 rings (SSSR count). The van der Waals surface area contributed by atoms with Crippen LogP contribution in [0, 0.1) is 28.6 Å². The van der Waals surface area contributed by atoms with Gasteiger partial charge in [-0.15, -0.1) is 0 Å². The molecule has 0 radical (unpaired) electrons. The Balaban J connectivity index is 1.10. The second kappa shape index (κ2) is 13.1. The van der Waals surface area contributed by atoms with Crippen molar-refractivity contribution in [2.45, 2.75) is 114 Å². The fourth-order valence-corrected chi connectivity index (χ4v) is 11.1. The van der Waals surface area contributed by atoms with Gasteiger partial charge in [0.15, 0.2) is 0 Å². The number of fused-ring (bicyclic) bond motifs is 6. The van der Waals surface area contributed by atoms with Crippen molar-refractivity contribution in [3.63, 3.8) is 0 Å². The van der Waals surface area contributed by atoms with Gasteiger partial charge in [-0.2, -0.15) is 22.0 Å². The first kappa shape index (κ1) is 35.8. The minimum atomic E-state index is -5.68. The number of sulfone groups is 1. The molecule has 12 heteroatoms. The first-order valence-electron chi connectivity index (χ1n) is 16.9. The van der Waals surface area contributed by atoms with Crippen LogP contribution < -0.4 is 0 Å². The summed E-state index contributed by atoms with van der Waals surface area (Å²) in [6, 6.07) is 5.42. The van der Waals surface area contributed by atoms with Gasteiger partial charge in [-0.1, -0.05) is 25.8 Å². The lowest BCUT2D eigenvalue weighted by atomic mass is 9.50. The van der Waals surface area contributed by atoms with E-state index in [4.69, 9.17) is 0 Å². The lowest BCUT2D eigenvalue weighted by Crippen LogP contribution is -2.47. The molecule has 1 spiro atoms. The maximum absolute atomic E-state index is 13.1. The summed E-state index contributed by atoms with van der Waals surface area (Å²) < 4.78 is 87.4. The van der Waals surface area contributed by atoms with E-state index in [-0.39, 0.29) is 46.7 Å². The highest BCUT2D eigenvalue weighted by Crippen LogP contribution is 2.76. The predicted octanol–water partition coefficient (Wildman–Crippen LogP) is 6.99. The molecule has 0 aromatic heterocycles. The zero-order chi connectivity index (χ0) is 33.7. The smallest absolute Gasteiger partial charge is 0.453 e. The van der Waals surface area contributed by atoms with Crippen molar-refractivity contribution in [3.05, 3.63) is 29.3 Å². The molecule has 0 aliphatic heterocycles. The highest BCUT2D eigenvalue weighted by molar-refractivity contribution is 7.91. The van der Waals surface area contributed by atoms with Crippen molar-refractivity contribution in [2.75, 3.05) is 31.6 Å². The SMILES string of the molecule is CN(CCCCC[C@H]1C2C(CC[C@@]3(C)C2C[C@@H](O)C32CC2)c2ccc(O)cc2[C@H]1O)CCCS(=O)(=O)CCCC(F)(F)C(F)(F)F. The highest BCUT2D eigenvalue weighted by atomic mass is 32.2. The number of phenolic OH excluding ortho intramolecular Hbond substituents is 1. The number of hydrogen-bond acceptors (Lipinski definition) is 6. The van der Waals surface area contributed by atoms with E-state index < -0.39 is 46.6 Å². The summed E-state index contributed by atoms with van der Waals surface area (Å²) in [4.78, 5) is 2.00. The summed E-state index contributed by atoms with van der Waals surface area (Å²) in [5.41, 5.74) is 2.07. The van der Waals surface area contributed by atoms with Crippen molar-refractivity contribution >= 4 is 9.84 Å². The zero-order valence-electron chi connectivity index (χ0n) is 26.9. The summed E-state index contributed by atoms with van der Waals surface area (Å²) in [5, 5.41) is 33.2. The van der Waals surface area contributed by atoms with Crippen LogP contribution in [-0.4, -0.2) is 78.5 Å². The molecule has 1 aromatic carbocycles. The van der Waals surface area contributed by atoms with Gasteiger partial charge in [0.25, 0.3) is 0 Å². The van der Waals surface area contributed by atoms with E-state index in [9.17, 15) is 45.7 Å². The van der Waals surface area contributed by atoms with Gasteiger partial charge in [-0.05, 0) is 130 Å². The summed E-state index contributed by atoms with van der Waals surface area (Å²) >= 11 is 0. The summed E-state index contributed by atoms with van der Waals surface area (Å²) in [7, 11) is -1.85. The minimum Gasteiger partial charge on any atom is -0.508 e. The van der Waals surface area contributed by atoms with Crippen LogP contribution in [0.2, 0.25) is 0 Å². The van der Waals surface area contributed by atoms with Crippen LogP contribution in [0.1, 0.15) is 107 Å². The van der Waals surface area contributed by atoms with Crippen molar-refractivity contribution in [1.29, 1.82) is 0 Å². The Labute approximate surface area is 269 Å². The quantitative estimate of drug-likeness (QED) is 0.145. The maximum Gasteiger partial charge on any atom is 0.453 e. The number of alkyl halides is 5. The topological polar surface area (TPSA) is 98.1 Å². The normalized spacial score (nSPS) is 32.0. The summed E-state index contributed by atoms with van der Waals surface area (Å²) in [6.07, 6.45) is -0.0870. The lowest BCUT2D eigenvalue weighted by Gasteiger charge is -2.55. The zero-order valence-corrected chi connectivity index (χ0v) is 27.7. The third-order valence-corrected chi connectivity index (χ3v) is 14.2. The first-order chi connectivity index (χ1) is 21.4. The summed E-state index contributed by atoms with van der Waals surface area (Å²) in [5.74, 6) is -4.74. The Hall–Kier alpha value is -1.50. The second-order valence-corrected chi connectivity index (χ2v) is 17.3. The number of phenols is 1. The Kier molecular flexibility index (Phi) is 10.2. The largest absolute Gasteiger partial charge is 0.508 e. The number of nitrogens with zero attached hydrogens (tertiary/aromatic N) is 1. The standard InChI is InChI=1S/C34H50F5NO5S/c1-31-13-11-24-23-10-9-22(41)20-26(23)30(43)25(29(24)27(31)21-28(42)32(31)14-15-32)8-4-3-5-16-40(2)17-7-19-46(44,45)18-6-12-33(35,36)34(37,38)39/h9-10,20,24-25,27-30,41-43H,3-8,11-19,21H2,1-2H3/t24?,25-,27?,28+,29?,30-,31-/m0/s1. The number of unbranched alkanes of at least 4 members (excludes halogenated alkanes) is 2. The van der Waals surface area contributed by atoms with E-state index in [0.717, 1.165) is 75.5 Å². The van der Waals surface area contributed by atoms with Gasteiger partial charge in [0.2, 0.25) is 0 Å². The fraction of sp³-hybridized carbons (Fsp3) is 0.824. The molecule has 3 unspecified atom stereocenters. The fourth-order valence-electron chi connectivity index (χ4n) is 9.73. The molecular weight excluding hydrogens is 629 g/mol. The van der Waals surface area contributed by atoms with Crippen molar-refractivity contribution in [1.82, 2.24) is 4.90 Å². The number of aromatic hydroxyl groups is 1. The van der Waals surface area contributed by atoms with Crippen molar-refractivity contribution < 1.29 is 45.7 Å². The Morgan fingerprint density at radius 2 is 1.61 bits per heavy atom. The Bertz CT molecular complexity index is 1340. The van der Waals surface area contributed by atoms with E-state index in [1.165, 1.54) is 0 Å². The van der Waals surface area contributed by atoms with Gasteiger partial charge < -0.3 is 20.2 Å². The van der Waals surface area contributed by atoms with Crippen LogP contribution in [0.15, 0.2) is 18.2 Å². The molecule has 0 saturated heterocycles. The number of benzene rings is 1. The van der Waals surface area contributed by atoms with Crippen LogP contribution in [0.5, 0.6) is 5.75 Å². The number of aliphatic hydroxyl groups is 2. The molecule has 4 aliphatic rings. The van der Waals surface area contributed by atoms with Gasteiger partial charge in [-0.3, -0.25) is 0 Å². The van der Waals surface area contributed by atoms with Gasteiger partial charge in [-0.25, -0.2) is 8.42 Å². The Morgan fingerprint density at radius 1 is 0.935 bits per heavy atom. The average molecular weight is 680 g/mol. The lowest BCUT2D eigenvalue weighted by molar-refractivity contribution is -0.284. The van der Waals surface area contributed by atoms with Crippen LogP contribution in [0.4, 0.5) is 22.0 Å². The molecular formula is C34H50F5NO5S. The van der Waals surface area contributed by atoms with E-state index >= 15 is 0 Å². The average Bonchev–Trinajstić information content (AvgIpc) is 3.74. The van der Waals surface area contributed by atoms with E-state index in [1.54, 1.807) is 12.1 Å². The predicted molar refractivity (Wildman–Crippen MR) is 165 cm³/mol. The van der Waals surface area contributed by atoms with Gasteiger partial charge >= 0.3 is 12.1 Å². The van der Waals surface area contributed by atoms with Crippen LogP contribution >= 0.6 is 0 Å². The molecule has 4 aliphatic carbocycles. The highest BCUT2D eigenvalue weighted by Gasteiger charge is 2.71. The van der Waals surface area contributed by atoms with Crippen LogP contribution in [0.25, 0.3) is 0 Å². The van der Waals surface area contributed by atoms with Gasteiger partial charge in [0, 0.05) is 11.8 Å². The molecule has 3 saturated carbocycles. The van der Waals surface area contributed by atoms with E-state index in [2.05, 4.69) is 6.92 Å². The van der Waals surface area contributed by atoms with E-state index in [0.29, 0.717) is 18.4 Å². The molecule has 0 heterocycles. The maximum atomic E-state index is 13.1.